The SMILES string of the molecule is CO/N=C(/C(=O)OC)c1ccccc1CO/C(C)=N/OC(C)(C(=O)OC)c1ccccc1. The first-order chi connectivity index (χ1) is 15.4. The van der Waals surface area contributed by atoms with Gasteiger partial charge in [-0.3, -0.25) is 0 Å². The number of hydrogen-bond donors (Lipinski definition) is 0. The van der Waals surface area contributed by atoms with Crippen LogP contribution in [-0.2, 0) is 45.7 Å². The maximum Gasteiger partial charge on any atom is 0.360 e. The van der Waals surface area contributed by atoms with Gasteiger partial charge in [-0.15, -0.1) is 0 Å². The summed E-state index contributed by atoms with van der Waals surface area (Å²) in [7, 11) is 3.87. The number of benzene rings is 2. The van der Waals surface area contributed by atoms with Crippen LogP contribution in [0.5, 0.6) is 0 Å². The first-order valence-corrected chi connectivity index (χ1v) is 9.64. The van der Waals surface area contributed by atoms with Crippen molar-refractivity contribution in [2.75, 3.05) is 21.3 Å². The molecule has 0 aromatic heterocycles. The average molecular weight is 442 g/mol. The van der Waals surface area contributed by atoms with Gasteiger partial charge in [0.25, 0.3) is 5.60 Å². The first kappa shape index (κ1) is 24.4. The molecule has 2 rings (SSSR count). The Morgan fingerprint density at radius 3 is 2.19 bits per heavy atom. The number of rotatable bonds is 9. The molecule has 0 saturated carbocycles. The van der Waals surface area contributed by atoms with Gasteiger partial charge in [-0.25, -0.2) is 9.59 Å². The molecule has 0 N–H and O–H groups in total. The van der Waals surface area contributed by atoms with Crippen molar-refractivity contribution in [3.05, 3.63) is 71.3 Å². The highest BCUT2D eigenvalue weighted by molar-refractivity contribution is 6.43. The van der Waals surface area contributed by atoms with E-state index in [0.717, 1.165) is 0 Å². The van der Waals surface area contributed by atoms with E-state index in [1.165, 1.54) is 21.3 Å². The van der Waals surface area contributed by atoms with E-state index in [1.54, 1.807) is 62.4 Å². The summed E-state index contributed by atoms with van der Waals surface area (Å²) in [5.41, 5.74) is 0.247. The zero-order valence-electron chi connectivity index (χ0n) is 18.7. The lowest BCUT2D eigenvalue weighted by Crippen LogP contribution is -2.35. The van der Waals surface area contributed by atoms with E-state index in [2.05, 4.69) is 10.3 Å². The molecule has 0 aliphatic carbocycles. The van der Waals surface area contributed by atoms with Gasteiger partial charge in [0.05, 0.1) is 14.2 Å². The van der Waals surface area contributed by atoms with Gasteiger partial charge in [0.15, 0.2) is 5.71 Å². The number of esters is 2. The predicted octanol–water partition coefficient (Wildman–Crippen LogP) is 3.17. The Balaban J connectivity index is 2.20. The molecule has 1 unspecified atom stereocenters. The van der Waals surface area contributed by atoms with Crippen molar-refractivity contribution in [3.8, 4) is 0 Å². The van der Waals surface area contributed by atoms with Crippen molar-refractivity contribution in [2.24, 2.45) is 10.3 Å². The van der Waals surface area contributed by atoms with E-state index >= 15 is 0 Å². The molecule has 9 heteroatoms. The Labute approximate surface area is 186 Å². The van der Waals surface area contributed by atoms with Crippen LogP contribution < -0.4 is 0 Å². The summed E-state index contributed by atoms with van der Waals surface area (Å²) >= 11 is 0. The molecule has 9 nitrogen and oxygen atoms in total. The molecule has 32 heavy (non-hydrogen) atoms. The Morgan fingerprint density at radius 1 is 0.906 bits per heavy atom. The number of carbonyl (C=O) groups is 2. The van der Waals surface area contributed by atoms with Gasteiger partial charge in [0.2, 0.25) is 5.90 Å². The molecule has 1 atom stereocenters. The average Bonchev–Trinajstić information content (AvgIpc) is 2.84. The van der Waals surface area contributed by atoms with Crippen LogP contribution in [-0.4, -0.2) is 44.9 Å². The topological polar surface area (TPSA) is 105 Å². The van der Waals surface area contributed by atoms with Gasteiger partial charge in [-0.2, -0.15) is 0 Å². The molecule has 0 aliphatic heterocycles. The Morgan fingerprint density at radius 2 is 1.56 bits per heavy atom. The van der Waals surface area contributed by atoms with Crippen molar-refractivity contribution >= 4 is 23.5 Å². The van der Waals surface area contributed by atoms with Gasteiger partial charge >= 0.3 is 11.9 Å². The molecule has 2 aromatic carbocycles. The molecular weight excluding hydrogens is 416 g/mol. The predicted molar refractivity (Wildman–Crippen MR) is 117 cm³/mol. The first-order valence-electron chi connectivity index (χ1n) is 9.64. The summed E-state index contributed by atoms with van der Waals surface area (Å²) in [5.74, 6) is -1.09. The number of hydrogen-bond acceptors (Lipinski definition) is 9. The van der Waals surface area contributed by atoms with Crippen LogP contribution in [0, 0.1) is 0 Å². The second kappa shape index (κ2) is 11.5. The summed E-state index contributed by atoms with van der Waals surface area (Å²) in [6.45, 7) is 3.19. The Bertz CT molecular complexity index is 989. The quantitative estimate of drug-likeness (QED) is 0.254. The van der Waals surface area contributed by atoms with E-state index in [-0.39, 0.29) is 18.2 Å². The summed E-state index contributed by atoms with van der Waals surface area (Å²) < 4.78 is 15.3. The fourth-order valence-corrected chi connectivity index (χ4v) is 2.78. The maximum atomic E-state index is 12.4. The third kappa shape index (κ3) is 5.84. The summed E-state index contributed by atoms with van der Waals surface area (Å²) in [5, 5.41) is 7.73. The van der Waals surface area contributed by atoms with Crippen molar-refractivity contribution in [2.45, 2.75) is 26.1 Å². The van der Waals surface area contributed by atoms with Crippen molar-refractivity contribution in [3.63, 3.8) is 0 Å². The summed E-state index contributed by atoms with van der Waals surface area (Å²) in [6, 6.07) is 15.9. The third-order valence-electron chi connectivity index (χ3n) is 4.53. The van der Waals surface area contributed by atoms with Gasteiger partial charge in [-0.1, -0.05) is 64.9 Å². The monoisotopic (exact) mass is 442 g/mol. The molecule has 0 amide bonds. The van der Waals surface area contributed by atoms with Crippen LogP contribution in [0.3, 0.4) is 0 Å². The largest absolute Gasteiger partial charge is 0.474 e. The number of ether oxygens (including phenoxy) is 3. The molecule has 0 saturated heterocycles. The number of nitrogens with zero attached hydrogens (tertiary/aromatic N) is 2. The molecule has 0 heterocycles. The van der Waals surface area contributed by atoms with Crippen molar-refractivity contribution in [1.29, 1.82) is 0 Å². The minimum atomic E-state index is -1.46. The maximum absolute atomic E-state index is 12.4. The van der Waals surface area contributed by atoms with Crippen molar-refractivity contribution < 1.29 is 33.5 Å². The van der Waals surface area contributed by atoms with E-state index in [0.29, 0.717) is 16.7 Å². The van der Waals surface area contributed by atoms with Crippen LogP contribution in [0.25, 0.3) is 0 Å². The summed E-state index contributed by atoms with van der Waals surface area (Å²) in [6.07, 6.45) is 0. The van der Waals surface area contributed by atoms with E-state index in [4.69, 9.17) is 23.9 Å². The molecule has 2 aromatic rings. The van der Waals surface area contributed by atoms with Gasteiger partial charge in [0.1, 0.15) is 13.7 Å². The minimum absolute atomic E-state index is 0.00221. The van der Waals surface area contributed by atoms with E-state index in [9.17, 15) is 9.59 Å². The fourth-order valence-electron chi connectivity index (χ4n) is 2.78. The van der Waals surface area contributed by atoms with Crippen LogP contribution in [0.4, 0.5) is 0 Å². The second-order valence-corrected chi connectivity index (χ2v) is 6.65. The van der Waals surface area contributed by atoms with E-state index in [1.807, 2.05) is 6.07 Å². The minimum Gasteiger partial charge on any atom is -0.474 e. The zero-order valence-corrected chi connectivity index (χ0v) is 18.7. The van der Waals surface area contributed by atoms with Crippen LogP contribution in [0.15, 0.2) is 64.9 Å². The molecule has 0 radical (unpaired) electrons. The lowest BCUT2D eigenvalue weighted by Gasteiger charge is -2.24. The van der Waals surface area contributed by atoms with Gasteiger partial charge in [0, 0.05) is 18.1 Å². The normalized spacial score (nSPS) is 13.5. The Hall–Kier alpha value is -3.88. The van der Waals surface area contributed by atoms with Gasteiger partial charge < -0.3 is 23.9 Å². The molecule has 0 fully saturated rings. The van der Waals surface area contributed by atoms with Gasteiger partial charge in [-0.05, 0) is 12.5 Å². The summed E-state index contributed by atoms with van der Waals surface area (Å²) in [4.78, 5) is 34.8. The molecule has 0 bridgehead atoms. The number of oxime groups is 2. The molecule has 170 valence electrons. The fraction of sp³-hybridized carbons (Fsp3) is 0.304. The highest BCUT2D eigenvalue weighted by Gasteiger charge is 2.40. The second-order valence-electron chi connectivity index (χ2n) is 6.65. The van der Waals surface area contributed by atoms with Crippen molar-refractivity contribution in [1.82, 2.24) is 0 Å². The Kier molecular flexibility index (Phi) is 8.76. The highest BCUT2D eigenvalue weighted by atomic mass is 16.7. The number of methoxy groups -OCH3 is 2. The standard InChI is InChI=1S/C23H26N2O7/c1-16(24-32-23(2,22(27)29-4)18-12-7-6-8-13-18)31-15-17-11-9-10-14-19(17)20(25-30-5)21(26)28-3/h6-14H,15H2,1-5H3/b24-16+,25-20+. The third-order valence-corrected chi connectivity index (χ3v) is 4.53. The lowest BCUT2D eigenvalue weighted by atomic mass is 9.96. The molecular formula is C23H26N2O7. The van der Waals surface area contributed by atoms with Crippen LogP contribution >= 0.6 is 0 Å². The van der Waals surface area contributed by atoms with Crippen LogP contribution in [0.1, 0.15) is 30.5 Å². The molecule has 0 spiro atoms. The van der Waals surface area contributed by atoms with Crippen LogP contribution in [0.2, 0.25) is 0 Å². The van der Waals surface area contributed by atoms with E-state index < -0.39 is 17.5 Å². The number of carbonyl (C=O) groups excluding carboxylic acids is 2. The molecule has 0 aliphatic rings. The highest BCUT2D eigenvalue weighted by Crippen LogP contribution is 2.27. The smallest absolute Gasteiger partial charge is 0.360 e. The zero-order chi connectivity index (χ0) is 23.6. The lowest BCUT2D eigenvalue weighted by molar-refractivity contribution is -0.169.